The Kier molecular flexibility index (Phi) is 7.57. The van der Waals surface area contributed by atoms with Crippen LogP contribution in [-0.2, 0) is 4.79 Å². The molecule has 2 aromatic carbocycles. The fraction of sp³-hybridized carbons (Fsp3) is 0.391. The highest BCUT2D eigenvalue weighted by Gasteiger charge is 2.18. The van der Waals surface area contributed by atoms with Crippen LogP contribution in [0.4, 0.5) is 5.69 Å². The zero-order chi connectivity index (χ0) is 21.5. The molecule has 7 heteroatoms. The van der Waals surface area contributed by atoms with E-state index in [9.17, 15) is 9.59 Å². The van der Waals surface area contributed by atoms with Crippen LogP contribution in [0.1, 0.15) is 42.1 Å². The molecule has 0 unspecified atom stereocenters. The first-order chi connectivity index (χ1) is 14.5. The molecule has 160 valence electrons. The summed E-state index contributed by atoms with van der Waals surface area (Å²) >= 11 is 6.13. The minimum atomic E-state index is -0.285. The third-order valence-corrected chi connectivity index (χ3v) is 5.40. The van der Waals surface area contributed by atoms with E-state index >= 15 is 0 Å². The number of nitrogens with one attached hydrogen (secondary N) is 1. The summed E-state index contributed by atoms with van der Waals surface area (Å²) in [6.07, 6.45) is 3.23. The second kappa shape index (κ2) is 10.3. The first-order valence-corrected chi connectivity index (χ1v) is 10.6. The highest BCUT2D eigenvalue weighted by Crippen LogP contribution is 2.29. The van der Waals surface area contributed by atoms with Gasteiger partial charge in [0.25, 0.3) is 11.8 Å². The van der Waals surface area contributed by atoms with Crippen molar-refractivity contribution in [3.8, 4) is 11.5 Å². The molecule has 1 fully saturated rings. The molecule has 0 aromatic heterocycles. The number of amides is 2. The number of aryl methyl sites for hydroxylation is 1. The van der Waals surface area contributed by atoms with Crippen molar-refractivity contribution in [1.82, 2.24) is 4.90 Å². The minimum absolute atomic E-state index is 0.0322. The van der Waals surface area contributed by atoms with Crippen LogP contribution >= 0.6 is 11.6 Å². The number of rotatable bonds is 7. The first-order valence-electron chi connectivity index (χ1n) is 10.2. The van der Waals surface area contributed by atoms with Gasteiger partial charge in [0.1, 0.15) is 0 Å². The van der Waals surface area contributed by atoms with Crippen molar-refractivity contribution in [3.63, 3.8) is 0 Å². The van der Waals surface area contributed by atoms with E-state index in [1.807, 2.05) is 24.8 Å². The molecule has 1 saturated heterocycles. The van der Waals surface area contributed by atoms with Gasteiger partial charge in [0.15, 0.2) is 18.1 Å². The molecule has 0 spiro atoms. The Morgan fingerprint density at radius 2 is 1.80 bits per heavy atom. The molecule has 2 amide bonds. The van der Waals surface area contributed by atoms with Gasteiger partial charge < -0.3 is 19.7 Å². The number of ether oxygens (including phenoxy) is 2. The lowest BCUT2D eigenvalue weighted by Gasteiger charge is -2.26. The Labute approximate surface area is 182 Å². The number of hydrogen-bond donors (Lipinski definition) is 1. The molecule has 0 radical (unpaired) electrons. The zero-order valence-electron chi connectivity index (χ0n) is 17.4. The Morgan fingerprint density at radius 3 is 2.50 bits per heavy atom. The van der Waals surface area contributed by atoms with Gasteiger partial charge in [-0.1, -0.05) is 17.7 Å². The number of carbonyl (C=O) groups excluding carboxylic acids is 2. The van der Waals surface area contributed by atoms with E-state index < -0.39 is 0 Å². The Morgan fingerprint density at radius 1 is 1.03 bits per heavy atom. The summed E-state index contributed by atoms with van der Waals surface area (Å²) in [7, 11) is 0. The van der Waals surface area contributed by atoms with Gasteiger partial charge in [0, 0.05) is 29.4 Å². The zero-order valence-corrected chi connectivity index (χ0v) is 18.1. The summed E-state index contributed by atoms with van der Waals surface area (Å²) in [5, 5.41) is 3.42. The maximum absolute atomic E-state index is 12.6. The number of piperidine rings is 1. The average Bonchev–Trinajstić information content (AvgIpc) is 2.76. The van der Waals surface area contributed by atoms with Crippen molar-refractivity contribution >= 4 is 29.1 Å². The van der Waals surface area contributed by atoms with Crippen LogP contribution in [0.5, 0.6) is 11.5 Å². The average molecular weight is 431 g/mol. The van der Waals surface area contributed by atoms with Gasteiger partial charge in [-0.3, -0.25) is 9.59 Å². The molecule has 0 bridgehead atoms. The lowest BCUT2D eigenvalue weighted by molar-refractivity contribution is -0.134. The lowest BCUT2D eigenvalue weighted by atomic mass is 10.1. The van der Waals surface area contributed by atoms with Crippen LogP contribution in [0, 0.1) is 6.92 Å². The molecule has 1 aliphatic rings. The monoisotopic (exact) mass is 430 g/mol. The topological polar surface area (TPSA) is 67.9 Å². The molecular weight excluding hydrogens is 404 g/mol. The SMILES string of the molecule is CCOc1cc(C(=O)Nc2ccc(C)c(Cl)c2)ccc1OCC(=O)N1CCCCC1. The number of anilines is 1. The molecule has 1 N–H and O–H groups in total. The van der Waals surface area contributed by atoms with Crippen LogP contribution in [-0.4, -0.2) is 43.0 Å². The van der Waals surface area contributed by atoms with Crippen LogP contribution in [0.3, 0.4) is 0 Å². The second-order valence-corrected chi connectivity index (χ2v) is 7.65. The normalized spacial score (nSPS) is 13.6. The summed E-state index contributed by atoms with van der Waals surface area (Å²) in [6, 6.07) is 10.3. The highest BCUT2D eigenvalue weighted by molar-refractivity contribution is 6.31. The van der Waals surface area contributed by atoms with Gasteiger partial charge in [-0.2, -0.15) is 0 Å². The van der Waals surface area contributed by atoms with E-state index in [1.54, 1.807) is 30.3 Å². The van der Waals surface area contributed by atoms with Crippen molar-refractivity contribution in [2.24, 2.45) is 0 Å². The summed E-state index contributed by atoms with van der Waals surface area (Å²) < 4.78 is 11.4. The predicted octanol–water partition coefficient (Wildman–Crippen LogP) is 4.69. The standard InChI is InChI=1S/C23H27ClN2O4/c1-3-29-21-13-17(23(28)25-18-9-7-16(2)19(24)14-18)8-10-20(21)30-15-22(27)26-11-5-4-6-12-26/h7-10,13-14H,3-6,11-12,15H2,1-2H3,(H,25,28). The number of halogens is 1. The number of hydrogen-bond acceptors (Lipinski definition) is 4. The van der Waals surface area contributed by atoms with E-state index in [0.29, 0.717) is 34.4 Å². The molecule has 2 aromatic rings. The maximum Gasteiger partial charge on any atom is 0.260 e. The van der Waals surface area contributed by atoms with Gasteiger partial charge in [0.2, 0.25) is 0 Å². The van der Waals surface area contributed by atoms with Crippen molar-refractivity contribution in [1.29, 1.82) is 0 Å². The van der Waals surface area contributed by atoms with E-state index in [-0.39, 0.29) is 18.4 Å². The molecule has 3 rings (SSSR count). The molecule has 0 aliphatic carbocycles. The third-order valence-electron chi connectivity index (χ3n) is 5.00. The first kappa shape index (κ1) is 22.0. The van der Waals surface area contributed by atoms with Crippen LogP contribution < -0.4 is 14.8 Å². The number of nitrogens with zero attached hydrogens (tertiary/aromatic N) is 1. The summed E-state index contributed by atoms with van der Waals surface area (Å²) in [4.78, 5) is 26.8. The van der Waals surface area contributed by atoms with Gasteiger partial charge in [-0.25, -0.2) is 0 Å². The molecule has 0 saturated carbocycles. The van der Waals surface area contributed by atoms with Gasteiger partial charge in [-0.15, -0.1) is 0 Å². The van der Waals surface area contributed by atoms with Gasteiger partial charge in [0.05, 0.1) is 6.61 Å². The van der Waals surface area contributed by atoms with Crippen molar-refractivity contribution in [2.75, 3.05) is 31.6 Å². The number of carbonyl (C=O) groups is 2. The molecule has 6 nitrogen and oxygen atoms in total. The maximum atomic E-state index is 12.6. The number of benzene rings is 2. The molecular formula is C23H27ClN2O4. The van der Waals surface area contributed by atoms with E-state index in [0.717, 1.165) is 37.9 Å². The van der Waals surface area contributed by atoms with Crippen molar-refractivity contribution < 1.29 is 19.1 Å². The summed E-state index contributed by atoms with van der Waals surface area (Å²) in [5.74, 6) is 0.553. The Bertz CT molecular complexity index is 910. The molecule has 0 atom stereocenters. The fourth-order valence-corrected chi connectivity index (χ4v) is 3.47. The molecule has 1 heterocycles. The largest absolute Gasteiger partial charge is 0.490 e. The van der Waals surface area contributed by atoms with E-state index in [2.05, 4.69) is 5.32 Å². The summed E-state index contributed by atoms with van der Waals surface area (Å²) in [6.45, 7) is 5.68. The van der Waals surface area contributed by atoms with E-state index in [1.165, 1.54) is 0 Å². The lowest BCUT2D eigenvalue weighted by Crippen LogP contribution is -2.38. The van der Waals surface area contributed by atoms with Crippen molar-refractivity contribution in [3.05, 3.63) is 52.5 Å². The molecule has 1 aliphatic heterocycles. The van der Waals surface area contributed by atoms with Gasteiger partial charge in [-0.05, 0) is 69.0 Å². The Balaban J connectivity index is 1.68. The predicted molar refractivity (Wildman–Crippen MR) is 118 cm³/mol. The van der Waals surface area contributed by atoms with Crippen LogP contribution in [0.25, 0.3) is 0 Å². The smallest absolute Gasteiger partial charge is 0.260 e. The third kappa shape index (κ3) is 5.66. The fourth-order valence-electron chi connectivity index (χ4n) is 3.28. The van der Waals surface area contributed by atoms with Crippen molar-refractivity contribution in [2.45, 2.75) is 33.1 Å². The second-order valence-electron chi connectivity index (χ2n) is 7.24. The quantitative estimate of drug-likeness (QED) is 0.691. The Hall–Kier alpha value is -2.73. The van der Waals surface area contributed by atoms with Crippen LogP contribution in [0.2, 0.25) is 5.02 Å². The summed E-state index contributed by atoms with van der Waals surface area (Å²) in [5.41, 5.74) is 1.97. The number of likely N-dealkylation sites (tertiary alicyclic amines) is 1. The van der Waals surface area contributed by atoms with Gasteiger partial charge >= 0.3 is 0 Å². The molecule has 30 heavy (non-hydrogen) atoms. The highest BCUT2D eigenvalue weighted by atomic mass is 35.5. The minimum Gasteiger partial charge on any atom is -0.490 e. The van der Waals surface area contributed by atoms with E-state index in [4.69, 9.17) is 21.1 Å². The van der Waals surface area contributed by atoms with Crippen LogP contribution in [0.15, 0.2) is 36.4 Å².